The van der Waals surface area contributed by atoms with Gasteiger partial charge in [-0.3, -0.25) is 14.4 Å². The molecule has 0 spiro atoms. The highest BCUT2D eigenvalue weighted by atomic mass is 19.1. The second-order valence-corrected chi connectivity index (χ2v) is 3.66. The highest BCUT2D eigenvalue weighted by Gasteiger charge is 2.35. The predicted octanol–water partition coefficient (Wildman–Crippen LogP) is 0.230. The summed E-state index contributed by atoms with van der Waals surface area (Å²) in [5.74, 6) is -2.58. The summed E-state index contributed by atoms with van der Waals surface area (Å²) in [6.45, 7) is -0.0175. The average Bonchev–Trinajstić information content (AvgIpc) is 2.49. The second-order valence-electron chi connectivity index (χ2n) is 3.66. The molecule has 0 bridgehead atoms. The molecule has 0 aromatic heterocycles. The van der Waals surface area contributed by atoms with Gasteiger partial charge in [-0.25, -0.2) is 4.39 Å². The van der Waals surface area contributed by atoms with E-state index in [1.54, 1.807) is 0 Å². The number of halogens is 1. The molecule has 0 radical (unpaired) electrons. The lowest BCUT2D eigenvalue weighted by atomic mass is 10.1. The summed E-state index contributed by atoms with van der Waals surface area (Å²) in [6, 6.07) is 3.47. The molecule has 88 valence electrons. The zero-order chi connectivity index (χ0) is 12.6. The van der Waals surface area contributed by atoms with Gasteiger partial charge in [0.2, 0.25) is 5.91 Å². The molecule has 2 rings (SSSR count). The number of hydrogen-bond donors (Lipinski definition) is 1. The Morgan fingerprint density at radius 1 is 1.35 bits per heavy atom. The molecule has 0 saturated carbocycles. The van der Waals surface area contributed by atoms with Crippen molar-refractivity contribution in [1.29, 1.82) is 0 Å². The largest absolute Gasteiger partial charge is 0.370 e. The summed E-state index contributed by atoms with van der Waals surface area (Å²) >= 11 is 0. The van der Waals surface area contributed by atoms with Gasteiger partial charge >= 0.3 is 0 Å². The number of amides is 2. The molecule has 0 saturated heterocycles. The highest BCUT2D eigenvalue weighted by Crippen LogP contribution is 2.29. The van der Waals surface area contributed by atoms with Gasteiger partial charge in [0.05, 0.1) is 11.3 Å². The lowest BCUT2D eigenvalue weighted by Crippen LogP contribution is -2.32. The van der Waals surface area contributed by atoms with E-state index in [9.17, 15) is 18.8 Å². The molecule has 1 aromatic carbocycles. The second kappa shape index (κ2) is 3.97. The van der Waals surface area contributed by atoms with E-state index in [2.05, 4.69) is 0 Å². The van der Waals surface area contributed by atoms with Gasteiger partial charge < -0.3 is 10.6 Å². The Labute approximate surface area is 96.0 Å². The van der Waals surface area contributed by atoms with Crippen molar-refractivity contribution < 1.29 is 18.8 Å². The van der Waals surface area contributed by atoms with E-state index >= 15 is 0 Å². The minimum atomic E-state index is -0.758. The molecule has 2 amide bonds. The van der Waals surface area contributed by atoms with Crippen LogP contribution >= 0.6 is 0 Å². The molecule has 6 heteroatoms. The highest BCUT2D eigenvalue weighted by molar-refractivity contribution is 6.52. The molecular weight excluding hydrogens is 227 g/mol. The number of primary amides is 1. The fourth-order valence-electron chi connectivity index (χ4n) is 1.71. The Morgan fingerprint density at radius 3 is 2.71 bits per heavy atom. The van der Waals surface area contributed by atoms with Crippen molar-refractivity contribution in [3.8, 4) is 0 Å². The van der Waals surface area contributed by atoms with Crippen LogP contribution in [0.4, 0.5) is 10.1 Å². The zero-order valence-corrected chi connectivity index (χ0v) is 8.77. The SMILES string of the molecule is NC(=O)CCN1C(=O)C(=O)c2ccc(F)cc21. The van der Waals surface area contributed by atoms with E-state index in [0.29, 0.717) is 0 Å². The minimum Gasteiger partial charge on any atom is -0.370 e. The summed E-state index contributed by atoms with van der Waals surface area (Å²) in [5.41, 5.74) is 5.31. The summed E-state index contributed by atoms with van der Waals surface area (Å²) in [5, 5.41) is 0. The van der Waals surface area contributed by atoms with Crippen LogP contribution in [0, 0.1) is 5.82 Å². The molecule has 0 aliphatic carbocycles. The first-order valence-corrected chi connectivity index (χ1v) is 4.95. The smallest absolute Gasteiger partial charge is 0.299 e. The molecule has 17 heavy (non-hydrogen) atoms. The Hall–Kier alpha value is -2.24. The van der Waals surface area contributed by atoms with Crippen LogP contribution in [0.3, 0.4) is 0 Å². The van der Waals surface area contributed by atoms with Crippen molar-refractivity contribution in [2.24, 2.45) is 5.73 Å². The number of rotatable bonds is 3. The lowest BCUT2D eigenvalue weighted by molar-refractivity contribution is -0.118. The van der Waals surface area contributed by atoms with Crippen molar-refractivity contribution in [3.05, 3.63) is 29.6 Å². The fraction of sp³-hybridized carbons (Fsp3) is 0.182. The Kier molecular flexibility index (Phi) is 2.63. The summed E-state index contributed by atoms with van der Waals surface area (Å²) in [6.07, 6.45) is -0.0744. The van der Waals surface area contributed by atoms with Crippen LogP contribution in [0.15, 0.2) is 18.2 Å². The fourth-order valence-corrected chi connectivity index (χ4v) is 1.71. The van der Waals surface area contributed by atoms with Crippen LogP contribution in [0.5, 0.6) is 0 Å². The third-order valence-electron chi connectivity index (χ3n) is 2.52. The number of nitrogens with zero attached hydrogens (tertiary/aromatic N) is 1. The maximum absolute atomic E-state index is 13.0. The molecule has 1 heterocycles. The number of benzene rings is 1. The maximum Gasteiger partial charge on any atom is 0.299 e. The topological polar surface area (TPSA) is 80.5 Å². The van der Waals surface area contributed by atoms with Gasteiger partial charge in [-0.15, -0.1) is 0 Å². The number of fused-ring (bicyclic) bond motifs is 1. The van der Waals surface area contributed by atoms with Gasteiger partial charge in [0.25, 0.3) is 11.7 Å². The number of ketones is 1. The van der Waals surface area contributed by atoms with Gasteiger partial charge in [0, 0.05) is 13.0 Å². The first-order chi connectivity index (χ1) is 8.00. The van der Waals surface area contributed by atoms with E-state index in [4.69, 9.17) is 5.73 Å². The van der Waals surface area contributed by atoms with Crippen LogP contribution in [0.25, 0.3) is 0 Å². The molecule has 0 fully saturated rings. The number of nitrogens with two attached hydrogens (primary N) is 1. The molecule has 1 aliphatic rings. The number of carbonyl (C=O) groups excluding carboxylic acids is 3. The minimum absolute atomic E-state index is 0.0175. The van der Waals surface area contributed by atoms with Crippen molar-refractivity contribution >= 4 is 23.3 Å². The first kappa shape index (κ1) is 11.3. The lowest BCUT2D eigenvalue weighted by Gasteiger charge is -2.15. The first-order valence-electron chi connectivity index (χ1n) is 4.95. The molecule has 2 N–H and O–H groups in total. The van der Waals surface area contributed by atoms with Gasteiger partial charge in [-0.2, -0.15) is 0 Å². The summed E-state index contributed by atoms with van der Waals surface area (Å²) in [4.78, 5) is 34.8. The van der Waals surface area contributed by atoms with Crippen LogP contribution in [0.1, 0.15) is 16.8 Å². The number of carbonyl (C=O) groups is 3. The molecule has 5 nitrogen and oxygen atoms in total. The van der Waals surface area contributed by atoms with Crippen LogP contribution < -0.4 is 10.6 Å². The molecule has 1 aromatic rings. The van der Waals surface area contributed by atoms with E-state index < -0.39 is 23.4 Å². The van der Waals surface area contributed by atoms with E-state index in [1.165, 1.54) is 6.07 Å². The number of hydrogen-bond acceptors (Lipinski definition) is 3. The monoisotopic (exact) mass is 236 g/mol. The van der Waals surface area contributed by atoms with Gasteiger partial charge in [-0.1, -0.05) is 0 Å². The third kappa shape index (κ3) is 1.89. The van der Waals surface area contributed by atoms with Gasteiger partial charge in [-0.05, 0) is 18.2 Å². The quantitative estimate of drug-likeness (QED) is 0.763. The molecule has 1 aliphatic heterocycles. The number of Topliss-reactive ketones (excluding diaryl/α,β-unsaturated/α-hetero) is 1. The van der Waals surface area contributed by atoms with Crippen LogP contribution in [0.2, 0.25) is 0 Å². The molecular formula is C11H9FN2O3. The Morgan fingerprint density at radius 2 is 2.06 bits per heavy atom. The summed E-state index contributed by atoms with van der Waals surface area (Å²) in [7, 11) is 0. The maximum atomic E-state index is 13.0. The third-order valence-corrected chi connectivity index (χ3v) is 2.52. The number of anilines is 1. The Balaban J connectivity index is 2.36. The van der Waals surface area contributed by atoms with E-state index in [-0.39, 0.29) is 24.2 Å². The standard InChI is InChI=1S/C11H9FN2O3/c12-6-1-2-7-8(5-6)14(4-3-9(13)15)11(17)10(7)16/h1-2,5H,3-4H2,(H2,13,15). The summed E-state index contributed by atoms with van der Waals surface area (Å²) < 4.78 is 13.0. The van der Waals surface area contributed by atoms with Crippen LogP contribution in [-0.2, 0) is 9.59 Å². The van der Waals surface area contributed by atoms with E-state index in [0.717, 1.165) is 17.0 Å². The van der Waals surface area contributed by atoms with Crippen molar-refractivity contribution in [2.45, 2.75) is 6.42 Å². The predicted molar refractivity (Wildman–Crippen MR) is 56.9 cm³/mol. The van der Waals surface area contributed by atoms with Gasteiger partial charge in [0.1, 0.15) is 5.82 Å². The Bertz CT molecular complexity index is 527. The average molecular weight is 236 g/mol. The molecule has 0 unspecified atom stereocenters. The zero-order valence-electron chi connectivity index (χ0n) is 8.77. The van der Waals surface area contributed by atoms with Crippen LogP contribution in [-0.4, -0.2) is 24.1 Å². The van der Waals surface area contributed by atoms with Crippen molar-refractivity contribution in [3.63, 3.8) is 0 Å². The van der Waals surface area contributed by atoms with Crippen molar-refractivity contribution in [2.75, 3.05) is 11.4 Å². The normalized spacial score (nSPS) is 14.1. The van der Waals surface area contributed by atoms with Crippen molar-refractivity contribution in [1.82, 2.24) is 0 Å². The van der Waals surface area contributed by atoms with Gasteiger partial charge in [0.15, 0.2) is 0 Å². The van der Waals surface area contributed by atoms with E-state index in [1.807, 2.05) is 0 Å². The molecule has 0 atom stereocenters.